The van der Waals surface area contributed by atoms with E-state index in [9.17, 15) is 61.0 Å². The summed E-state index contributed by atoms with van der Waals surface area (Å²) in [4.78, 5) is 12.8. The van der Waals surface area contributed by atoms with Crippen LogP contribution in [0.25, 0.3) is 0 Å². The van der Waals surface area contributed by atoms with E-state index in [1.165, 1.54) is 103 Å². The Kier molecular flexibility index (Phi) is 31.1. The molecular weight excluding hydrogens is 891 g/mol. The molecule has 68 heavy (non-hydrogen) atoms. The number of hydrogen-bond acceptors (Lipinski definition) is 18. The molecule has 3 aliphatic rings. The van der Waals surface area contributed by atoms with Gasteiger partial charge >= 0.3 is 0 Å². The number of hydrogen-bond donors (Lipinski definition) is 12. The van der Waals surface area contributed by atoms with Crippen molar-refractivity contribution >= 4 is 5.91 Å². The normalized spacial score (nSPS) is 33.2. The van der Waals surface area contributed by atoms with E-state index in [1.54, 1.807) is 6.08 Å². The molecule has 1 amide bonds. The van der Waals surface area contributed by atoms with Crippen LogP contribution in [0.3, 0.4) is 0 Å². The Hall–Kier alpha value is -1.47. The van der Waals surface area contributed by atoms with Crippen molar-refractivity contribution in [2.45, 2.75) is 266 Å². The molecule has 3 aliphatic heterocycles. The average Bonchev–Trinajstić information content (AvgIpc) is 3.33. The molecule has 400 valence electrons. The number of rotatable bonds is 36. The van der Waals surface area contributed by atoms with Crippen LogP contribution in [-0.2, 0) is 33.2 Å². The number of carbonyl (C=O) groups is 1. The topological polar surface area (TPSA) is 307 Å². The minimum atomic E-state index is -1.97. The lowest BCUT2D eigenvalue weighted by Crippen LogP contribution is -2.66. The molecule has 19 heteroatoms. The zero-order valence-corrected chi connectivity index (χ0v) is 40.8. The maximum Gasteiger partial charge on any atom is 0.220 e. The molecule has 0 saturated carbocycles. The van der Waals surface area contributed by atoms with E-state index in [4.69, 9.17) is 28.4 Å². The van der Waals surface area contributed by atoms with Gasteiger partial charge in [0.15, 0.2) is 18.9 Å². The molecule has 0 spiro atoms. The van der Waals surface area contributed by atoms with Crippen LogP contribution in [0.15, 0.2) is 12.2 Å². The Labute approximate surface area is 404 Å². The van der Waals surface area contributed by atoms with Crippen LogP contribution in [0.5, 0.6) is 0 Å². The van der Waals surface area contributed by atoms with Crippen molar-refractivity contribution in [3.05, 3.63) is 12.2 Å². The number of aliphatic hydroxyl groups excluding tert-OH is 11. The van der Waals surface area contributed by atoms with E-state index in [-0.39, 0.29) is 18.9 Å². The average molecular weight is 982 g/mol. The predicted octanol–water partition coefficient (Wildman–Crippen LogP) is 1.87. The molecule has 17 atom stereocenters. The van der Waals surface area contributed by atoms with Crippen LogP contribution in [0.1, 0.15) is 162 Å². The highest BCUT2D eigenvalue weighted by atomic mass is 16.8. The van der Waals surface area contributed by atoms with Crippen LogP contribution in [0.4, 0.5) is 0 Å². The number of nitrogens with one attached hydrogen (secondary N) is 1. The second kappa shape index (κ2) is 34.8. The third kappa shape index (κ3) is 20.6. The smallest absolute Gasteiger partial charge is 0.220 e. The summed E-state index contributed by atoms with van der Waals surface area (Å²) in [7, 11) is 0. The monoisotopic (exact) mass is 982 g/mol. The molecule has 0 bridgehead atoms. The second-order valence-corrected chi connectivity index (χ2v) is 19.0. The fourth-order valence-corrected chi connectivity index (χ4v) is 8.93. The first-order chi connectivity index (χ1) is 32.8. The van der Waals surface area contributed by atoms with Crippen molar-refractivity contribution < 1.29 is 89.4 Å². The molecule has 0 radical (unpaired) electrons. The molecule has 12 N–H and O–H groups in total. The van der Waals surface area contributed by atoms with E-state index in [0.29, 0.717) is 6.42 Å². The summed E-state index contributed by atoms with van der Waals surface area (Å²) >= 11 is 0. The molecule has 19 nitrogen and oxygen atoms in total. The highest BCUT2D eigenvalue weighted by molar-refractivity contribution is 5.76. The van der Waals surface area contributed by atoms with Crippen LogP contribution < -0.4 is 5.32 Å². The van der Waals surface area contributed by atoms with E-state index >= 15 is 0 Å². The Bertz CT molecular complexity index is 1310. The molecular formula is C49H91NO18. The van der Waals surface area contributed by atoms with Crippen LogP contribution >= 0.6 is 0 Å². The van der Waals surface area contributed by atoms with Gasteiger partial charge in [-0.05, 0) is 19.3 Å². The van der Waals surface area contributed by atoms with Gasteiger partial charge in [0.2, 0.25) is 5.91 Å². The Balaban J connectivity index is 1.43. The van der Waals surface area contributed by atoms with Crippen molar-refractivity contribution in [1.82, 2.24) is 5.32 Å². The Morgan fingerprint density at radius 2 is 0.912 bits per heavy atom. The zero-order valence-electron chi connectivity index (χ0n) is 40.8. The zero-order chi connectivity index (χ0) is 49.8. The number of aliphatic hydroxyl groups is 11. The van der Waals surface area contributed by atoms with Crippen LogP contribution in [0.2, 0.25) is 0 Å². The maximum absolute atomic E-state index is 12.8. The summed E-state index contributed by atoms with van der Waals surface area (Å²) in [6.07, 6.45) is 3.73. The first kappa shape index (κ1) is 60.8. The molecule has 0 aliphatic carbocycles. The van der Waals surface area contributed by atoms with Gasteiger partial charge in [-0.3, -0.25) is 4.79 Å². The first-order valence-electron chi connectivity index (χ1n) is 25.9. The van der Waals surface area contributed by atoms with Crippen molar-refractivity contribution in [2.24, 2.45) is 0 Å². The predicted molar refractivity (Wildman–Crippen MR) is 250 cm³/mol. The van der Waals surface area contributed by atoms with Gasteiger partial charge in [-0.25, -0.2) is 0 Å². The third-order valence-electron chi connectivity index (χ3n) is 13.3. The van der Waals surface area contributed by atoms with Crippen LogP contribution in [-0.4, -0.2) is 193 Å². The molecule has 3 fully saturated rings. The minimum Gasteiger partial charge on any atom is -0.394 e. The van der Waals surface area contributed by atoms with E-state index in [1.807, 2.05) is 13.0 Å². The molecule has 0 aromatic heterocycles. The molecule has 3 saturated heterocycles. The van der Waals surface area contributed by atoms with Gasteiger partial charge in [-0.1, -0.05) is 148 Å². The quantitative estimate of drug-likeness (QED) is 0.0315. The standard InChI is InChI=1S/C49H91NO18/c1-3-5-7-8-9-10-11-12-13-14-15-16-17-18-19-20-21-22-23-24-25-26-33(54)32(50-37(55)27-6-4-2)31-63-47-43(61)40(58)45(35(29-52)65-47)68-49-44(62)41(59)46(36(30-53)66-49)67-48-42(60)39(57)38(56)34(28-51)64-48/h25-26,32-36,38-49,51-54,56-62H,3-24,27-31H2,1-2H3,(H,50,55)/b26-25+. The van der Waals surface area contributed by atoms with Crippen molar-refractivity contribution in [3.8, 4) is 0 Å². The lowest BCUT2D eigenvalue weighted by atomic mass is 9.96. The van der Waals surface area contributed by atoms with Gasteiger partial charge in [0.05, 0.1) is 38.6 Å². The molecule has 0 aromatic carbocycles. The molecule has 3 heterocycles. The van der Waals surface area contributed by atoms with Crippen molar-refractivity contribution in [3.63, 3.8) is 0 Å². The first-order valence-corrected chi connectivity index (χ1v) is 25.9. The summed E-state index contributed by atoms with van der Waals surface area (Å²) in [6, 6.07) is -0.962. The summed E-state index contributed by atoms with van der Waals surface area (Å²) < 4.78 is 33.9. The summed E-state index contributed by atoms with van der Waals surface area (Å²) in [5, 5.41) is 119. The van der Waals surface area contributed by atoms with Gasteiger partial charge in [0.1, 0.15) is 73.2 Å². The van der Waals surface area contributed by atoms with E-state index in [2.05, 4.69) is 12.2 Å². The summed E-state index contributed by atoms with van der Waals surface area (Å²) in [6.45, 7) is 1.44. The number of carbonyl (C=O) groups excluding carboxylic acids is 1. The van der Waals surface area contributed by atoms with Gasteiger partial charge in [0, 0.05) is 6.42 Å². The van der Waals surface area contributed by atoms with Gasteiger partial charge in [0.25, 0.3) is 0 Å². The largest absolute Gasteiger partial charge is 0.394 e. The highest BCUT2D eigenvalue weighted by Crippen LogP contribution is 2.33. The summed E-state index contributed by atoms with van der Waals surface area (Å²) in [5.41, 5.74) is 0. The number of amides is 1. The Morgan fingerprint density at radius 1 is 0.515 bits per heavy atom. The second-order valence-electron chi connectivity index (χ2n) is 19.0. The molecule has 3 rings (SSSR count). The fourth-order valence-electron chi connectivity index (χ4n) is 8.93. The molecule has 0 aromatic rings. The number of allylic oxidation sites excluding steroid dienone is 1. The third-order valence-corrected chi connectivity index (χ3v) is 13.3. The Morgan fingerprint density at radius 3 is 1.37 bits per heavy atom. The van der Waals surface area contributed by atoms with Gasteiger partial charge in [-0.2, -0.15) is 0 Å². The van der Waals surface area contributed by atoms with E-state index in [0.717, 1.165) is 32.1 Å². The number of ether oxygens (including phenoxy) is 6. The van der Waals surface area contributed by atoms with Crippen molar-refractivity contribution in [2.75, 3.05) is 26.4 Å². The lowest BCUT2D eigenvalue weighted by molar-refractivity contribution is -0.379. The van der Waals surface area contributed by atoms with E-state index < -0.39 is 124 Å². The lowest BCUT2D eigenvalue weighted by Gasteiger charge is -2.48. The van der Waals surface area contributed by atoms with Crippen molar-refractivity contribution in [1.29, 1.82) is 0 Å². The summed E-state index contributed by atoms with van der Waals surface area (Å²) in [5.74, 6) is -0.311. The highest BCUT2D eigenvalue weighted by Gasteiger charge is 2.53. The van der Waals surface area contributed by atoms with Gasteiger partial charge in [-0.15, -0.1) is 0 Å². The maximum atomic E-state index is 12.8. The number of unbranched alkanes of at least 4 members (excludes halogenated alkanes) is 20. The van der Waals surface area contributed by atoms with Gasteiger partial charge < -0.3 is 89.9 Å². The fraction of sp³-hybridized carbons (Fsp3) is 0.939. The van der Waals surface area contributed by atoms with Crippen LogP contribution in [0, 0.1) is 0 Å². The molecule has 17 unspecified atom stereocenters. The SMILES string of the molecule is CCCCCCCCCCCCCCCCCCCCC/C=C/C(O)C(COC1OC(CO)C(OC2OC(CO)C(OC3OC(CO)C(O)C(O)C3O)C(O)C2O)C(O)C1O)NC(=O)CCCC. The minimum absolute atomic E-state index is 0.219.